The van der Waals surface area contributed by atoms with E-state index in [0.717, 1.165) is 47.0 Å². The SMILES string of the molecule is O=C(Cc1cccc(Br)c1)N1CCC(c2c[nH]c3cccnc23)CC1. The molecule has 2 aromatic heterocycles. The van der Waals surface area contributed by atoms with E-state index in [-0.39, 0.29) is 5.91 Å². The second-order valence-corrected chi connectivity index (χ2v) is 7.52. The van der Waals surface area contributed by atoms with Crippen molar-refractivity contribution in [2.45, 2.75) is 25.2 Å². The number of aromatic amines is 1. The Kier molecular flexibility index (Phi) is 4.57. The Morgan fingerprint density at radius 1 is 1.24 bits per heavy atom. The molecule has 1 aliphatic rings. The van der Waals surface area contributed by atoms with E-state index < -0.39 is 0 Å². The molecule has 1 fully saturated rings. The van der Waals surface area contributed by atoms with E-state index in [4.69, 9.17) is 0 Å². The van der Waals surface area contributed by atoms with Gasteiger partial charge in [-0.25, -0.2) is 0 Å². The number of aromatic nitrogens is 2. The zero-order valence-corrected chi connectivity index (χ0v) is 15.5. The van der Waals surface area contributed by atoms with E-state index in [0.29, 0.717) is 12.3 Å². The highest BCUT2D eigenvalue weighted by Crippen LogP contribution is 2.32. The number of likely N-dealkylation sites (tertiary alicyclic amines) is 1. The number of H-pyrrole nitrogens is 1. The molecule has 3 heterocycles. The number of piperidine rings is 1. The van der Waals surface area contributed by atoms with Crippen LogP contribution in [0.2, 0.25) is 0 Å². The van der Waals surface area contributed by atoms with Crippen molar-refractivity contribution in [3.63, 3.8) is 0 Å². The van der Waals surface area contributed by atoms with Crippen LogP contribution in [0.4, 0.5) is 0 Å². The molecule has 128 valence electrons. The number of amides is 1. The monoisotopic (exact) mass is 397 g/mol. The van der Waals surface area contributed by atoms with E-state index in [1.165, 1.54) is 5.56 Å². The fourth-order valence-corrected chi connectivity index (χ4v) is 4.11. The molecule has 1 aliphatic heterocycles. The second kappa shape index (κ2) is 7.00. The molecule has 4 rings (SSSR count). The Morgan fingerprint density at radius 3 is 2.88 bits per heavy atom. The van der Waals surface area contributed by atoms with Gasteiger partial charge in [-0.1, -0.05) is 28.1 Å². The number of nitrogens with one attached hydrogen (secondary N) is 1. The standard InChI is InChI=1S/C20H20BrN3O/c21-16-4-1-3-14(11-16)12-19(25)24-9-6-15(7-10-24)17-13-23-18-5-2-8-22-20(17)18/h1-5,8,11,13,15,23H,6-7,9-10,12H2. The van der Waals surface area contributed by atoms with Gasteiger partial charge in [-0.2, -0.15) is 0 Å². The smallest absolute Gasteiger partial charge is 0.226 e. The van der Waals surface area contributed by atoms with E-state index in [2.05, 4.69) is 38.2 Å². The topological polar surface area (TPSA) is 49.0 Å². The predicted octanol–water partition coefficient (Wildman–Crippen LogP) is 4.27. The van der Waals surface area contributed by atoms with Crippen molar-refractivity contribution in [3.8, 4) is 0 Å². The Labute approximate surface area is 155 Å². The van der Waals surface area contributed by atoms with Crippen LogP contribution in [-0.2, 0) is 11.2 Å². The quantitative estimate of drug-likeness (QED) is 0.716. The molecule has 4 nitrogen and oxygen atoms in total. The van der Waals surface area contributed by atoms with Crippen molar-refractivity contribution in [1.29, 1.82) is 0 Å². The lowest BCUT2D eigenvalue weighted by atomic mass is 9.90. The summed E-state index contributed by atoms with van der Waals surface area (Å²) >= 11 is 3.46. The van der Waals surface area contributed by atoms with Gasteiger partial charge in [0.2, 0.25) is 5.91 Å². The fourth-order valence-electron chi connectivity index (χ4n) is 3.66. The third kappa shape index (κ3) is 3.47. The first-order valence-electron chi connectivity index (χ1n) is 8.65. The minimum atomic E-state index is 0.216. The van der Waals surface area contributed by atoms with Crippen LogP contribution in [-0.4, -0.2) is 33.9 Å². The molecule has 0 spiro atoms. The highest BCUT2D eigenvalue weighted by molar-refractivity contribution is 9.10. The number of benzene rings is 1. The van der Waals surface area contributed by atoms with E-state index in [9.17, 15) is 4.79 Å². The van der Waals surface area contributed by atoms with Crippen LogP contribution in [0.3, 0.4) is 0 Å². The molecule has 1 N–H and O–H groups in total. The summed E-state index contributed by atoms with van der Waals surface area (Å²) in [5.41, 5.74) is 4.50. The largest absolute Gasteiger partial charge is 0.360 e. The molecule has 0 unspecified atom stereocenters. The number of hydrogen-bond acceptors (Lipinski definition) is 2. The fraction of sp³-hybridized carbons (Fsp3) is 0.300. The number of halogens is 1. The van der Waals surface area contributed by atoms with Gasteiger partial charge in [-0.15, -0.1) is 0 Å². The molecule has 0 saturated carbocycles. The molecule has 5 heteroatoms. The van der Waals surface area contributed by atoms with Crippen molar-refractivity contribution < 1.29 is 4.79 Å². The highest BCUT2D eigenvalue weighted by Gasteiger charge is 2.25. The van der Waals surface area contributed by atoms with Gasteiger partial charge in [0.15, 0.2) is 0 Å². The molecule has 1 aromatic carbocycles. The summed E-state index contributed by atoms with van der Waals surface area (Å²) < 4.78 is 1.02. The van der Waals surface area contributed by atoms with Crippen LogP contribution in [0.5, 0.6) is 0 Å². The Bertz CT molecular complexity index is 897. The lowest BCUT2D eigenvalue weighted by molar-refractivity contribution is -0.131. The lowest BCUT2D eigenvalue weighted by Crippen LogP contribution is -2.38. The number of nitrogens with zero attached hydrogens (tertiary/aromatic N) is 2. The average Bonchev–Trinajstić information content (AvgIpc) is 3.06. The molecule has 0 radical (unpaired) electrons. The minimum absolute atomic E-state index is 0.216. The van der Waals surface area contributed by atoms with E-state index >= 15 is 0 Å². The third-order valence-corrected chi connectivity index (χ3v) is 5.49. The van der Waals surface area contributed by atoms with Crippen molar-refractivity contribution in [2.24, 2.45) is 0 Å². The normalized spacial score (nSPS) is 15.6. The van der Waals surface area contributed by atoms with Gasteiger partial charge in [0.05, 0.1) is 17.5 Å². The average molecular weight is 398 g/mol. The van der Waals surface area contributed by atoms with Crippen LogP contribution in [0.1, 0.15) is 29.9 Å². The molecule has 3 aromatic rings. The summed E-state index contributed by atoms with van der Waals surface area (Å²) in [4.78, 5) is 22.4. The van der Waals surface area contributed by atoms with Gasteiger partial charge in [-0.3, -0.25) is 9.78 Å². The lowest BCUT2D eigenvalue weighted by Gasteiger charge is -2.32. The molecule has 1 amide bonds. The van der Waals surface area contributed by atoms with Gasteiger partial charge in [0.1, 0.15) is 0 Å². The van der Waals surface area contributed by atoms with Crippen LogP contribution in [0.15, 0.2) is 53.3 Å². The number of hydrogen-bond donors (Lipinski definition) is 1. The Balaban J connectivity index is 1.40. The number of rotatable bonds is 3. The summed E-state index contributed by atoms with van der Waals surface area (Å²) in [6.45, 7) is 1.63. The van der Waals surface area contributed by atoms with Gasteiger partial charge < -0.3 is 9.88 Å². The molecular formula is C20H20BrN3O. The van der Waals surface area contributed by atoms with Crippen LogP contribution in [0.25, 0.3) is 11.0 Å². The highest BCUT2D eigenvalue weighted by atomic mass is 79.9. The number of fused-ring (bicyclic) bond motifs is 1. The number of carbonyl (C=O) groups excluding carboxylic acids is 1. The molecule has 25 heavy (non-hydrogen) atoms. The Morgan fingerprint density at radius 2 is 2.08 bits per heavy atom. The zero-order valence-electron chi connectivity index (χ0n) is 13.9. The van der Waals surface area contributed by atoms with Crippen LogP contribution in [0, 0.1) is 0 Å². The molecular weight excluding hydrogens is 378 g/mol. The number of pyridine rings is 1. The first-order valence-corrected chi connectivity index (χ1v) is 9.44. The van der Waals surface area contributed by atoms with Gasteiger partial charge in [0.25, 0.3) is 0 Å². The van der Waals surface area contributed by atoms with Crippen molar-refractivity contribution in [3.05, 3.63) is 64.4 Å². The summed E-state index contributed by atoms with van der Waals surface area (Å²) in [5, 5.41) is 0. The van der Waals surface area contributed by atoms with Gasteiger partial charge >= 0.3 is 0 Å². The minimum Gasteiger partial charge on any atom is -0.360 e. The summed E-state index contributed by atoms with van der Waals surface area (Å²) in [6, 6.07) is 12.0. The van der Waals surface area contributed by atoms with Crippen molar-refractivity contribution in [2.75, 3.05) is 13.1 Å². The van der Waals surface area contributed by atoms with Crippen LogP contribution >= 0.6 is 15.9 Å². The summed E-state index contributed by atoms with van der Waals surface area (Å²) in [7, 11) is 0. The van der Waals surface area contributed by atoms with Gasteiger partial charge in [0, 0.05) is 30.0 Å². The molecule has 0 atom stereocenters. The summed E-state index contributed by atoms with van der Waals surface area (Å²) in [5.74, 6) is 0.687. The maximum Gasteiger partial charge on any atom is 0.226 e. The van der Waals surface area contributed by atoms with Crippen molar-refractivity contribution in [1.82, 2.24) is 14.9 Å². The maximum atomic E-state index is 12.6. The molecule has 1 saturated heterocycles. The third-order valence-electron chi connectivity index (χ3n) is 5.00. The first-order chi connectivity index (χ1) is 12.2. The molecule has 0 aliphatic carbocycles. The van der Waals surface area contributed by atoms with Crippen molar-refractivity contribution >= 4 is 32.9 Å². The first kappa shape index (κ1) is 16.3. The second-order valence-electron chi connectivity index (χ2n) is 6.61. The van der Waals surface area contributed by atoms with Crippen LogP contribution < -0.4 is 0 Å². The maximum absolute atomic E-state index is 12.6. The predicted molar refractivity (Wildman–Crippen MR) is 102 cm³/mol. The van der Waals surface area contributed by atoms with E-state index in [1.807, 2.05) is 41.4 Å². The van der Waals surface area contributed by atoms with Gasteiger partial charge in [-0.05, 0) is 54.2 Å². The summed E-state index contributed by atoms with van der Waals surface area (Å²) in [6.07, 6.45) is 6.39. The van der Waals surface area contributed by atoms with E-state index in [1.54, 1.807) is 0 Å². The number of carbonyl (C=O) groups is 1. The zero-order chi connectivity index (χ0) is 17.2. The Hall–Kier alpha value is -2.14. The molecule has 0 bridgehead atoms.